The second-order valence-electron chi connectivity index (χ2n) is 7.96. The first-order valence-electron chi connectivity index (χ1n) is 10.3. The molecule has 1 atom stereocenters. The Kier molecular flexibility index (Phi) is 4.97. The SMILES string of the molecule is COc1ccc(-c2c(C)c3ccc4c(c3oc2=O)CN(C[C@@H]2CCCO2)CO4)cc1. The van der Waals surface area contributed by atoms with Crippen molar-refractivity contribution in [3.8, 4) is 22.6 Å². The van der Waals surface area contributed by atoms with E-state index in [9.17, 15) is 4.79 Å². The Hall–Kier alpha value is -2.83. The Morgan fingerprint density at radius 3 is 2.73 bits per heavy atom. The topological polar surface area (TPSA) is 61.1 Å². The van der Waals surface area contributed by atoms with Gasteiger partial charge in [-0.3, -0.25) is 4.90 Å². The highest BCUT2D eigenvalue weighted by atomic mass is 16.5. The second kappa shape index (κ2) is 7.78. The first kappa shape index (κ1) is 19.2. The fraction of sp³-hybridized carbons (Fsp3) is 0.375. The molecule has 6 heteroatoms. The maximum atomic E-state index is 13.0. The van der Waals surface area contributed by atoms with E-state index in [1.54, 1.807) is 7.11 Å². The highest BCUT2D eigenvalue weighted by molar-refractivity contribution is 5.90. The summed E-state index contributed by atoms with van der Waals surface area (Å²) in [7, 11) is 1.62. The Labute approximate surface area is 175 Å². The van der Waals surface area contributed by atoms with Crippen molar-refractivity contribution in [2.24, 2.45) is 0 Å². The molecular formula is C24H25NO5. The lowest BCUT2D eigenvalue weighted by molar-refractivity contribution is 0.0281. The molecular weight excluding hydrogens is 382 g/mol. The van der Waals surface area contributed by atoms with Crippen molar-refractivity contribution in [2.75, 3.05) is 27.0 Å². The molecule has 156 valence electrons. The molecule has 0 saturated carbocycles. The molecule has 0 amide bonds. The summed E-state index contributed by atoms with van der Waals surface area (Å²) in [5, 5.41) is 0.932. The van der Waals surface area contributed by atoms with E-state index < -0.39 is 0 Å². The van der Waals surface area contributed by atoms with Gasteiger partial charge in [-0.25, -0.2) is 4.79 Å². The van der Waals surface area contributed by atoms with E-state index in [4.69, 9.17) is 18.6 Å². The molecule has 3 heterocycles. The minimum atomic E-state index is -0.338. The lowest BCUT2D eigenvalue weighted by Gasteiger charge is -2.30. The van der Waals surface area contributed by atoms with Crippen LogP contribution in [0.25, 0.3) is 22.1 Å². The Bertz CT molecular complexity index is 1130. The van der Waals surface area contributed by atoms with Crippen molar-refractivity contribution in [1.82, 2.24) is 4.90 Å². The molecule has 5 rings (SSSR count). The predicted octanol–water partition coefficient (Wildman–Crippen LogP) is 4.11. The largest absolute Gasteiger partial charge is 0.497 e. The van der Waals surface area contributed by atoms with Gasteiger partial charge in [0, 0.05) is 25.1 Å². The van der Waals surface area contributed by atoms with Crippen LogP contribution >= 0.6 is 0 Å². The number of methoxy groups -OCH3 is 1. The zero-order valence-corrected chi connectivity index (χ0v) is 17.3. The van der Waals surface area contributed by atoms with Gasteiger partial charge < -0.3 is 18.6 Å². The zero-order valence-electron chi connectivity index (χ0n) is 17.3. The van der Waals surface area contributed by atoms with E-state index in [1.807, 2.05) is 43.3 Å². The average Bonchev–Trinajstić information content (AvgIpc) is 3.27. The maximum Gasteiger partial charge on any atom is 0.344 e. The number of hydrogen-bond acceptors (Lipinski definition) is 6. The molecule has 2 aromatic carbocycles. The lowest BCUT2D eigenvalue weighted by Crippen LogP contribution is -2.37. The van der Waals surface area contributed by atoms with E-state index in [2.05, 4.69) is 4.90 Å². The lowest BCUT2D eigenvalue weighted by atomic mass is 9.97. The third kappa shape index (κ3) is 3.36. The van der Waals surface area contributed by atoms with Gasteiger partial charge in [0.05, 0.1) is 24.3 Å². The van der Waals surface area contributed by atoms with Gasteiger partial charge in [-0.15, -0.1) is 0 Å². The zero-order chi connectivity index (χ0) is 20.7. The first-order valence-corrected chi connectivity index (χ1v) is 10.3. The molecule has 1 saturated heterocycles. The number of benzene rings is 2. The highest BCUT2D eigenvalue weighted by Crippen LogP contribution is 2.36. The summed E-state index contributed by atoms with van der Waals surface area (Å²) in [4.78, 5) is 15.2. The minimum Gasteiger partial charge on any atom is -0.497 e. The predicted molar refractivity (Wildman–Crippen MR) is 114 cm³/mol. The molecule has 0 aliphatic carbocycles. The average molecular weight is 407 g/mol. The number of rotatable bonds is 4. The van der Waals surface area contributed by atoms with Crippen LogP contribution in [0.2, 0.25) is 0 Å². The van der Waals surface area contributed by atoms with Crippen LogP contribution in [0.5, 0.6) is 11.5 Å². The van der Waals surface area contributed by atoms with Gasteiger partial charge in [-0.2, -0.15) is 0 Å². The number of aryl methyl sites for hydroxylation is 1. The van der Waals surface area contributed by atoms with Crippen LogP contribution in [0.1, 0.15) is 24.0 Å². The molecule has 2 aliphatic heterocycles. The third-order valence-electron chi connectivity index (χ3n) is 6.04. The Balaban J connectivity index is 1.54. The summed E-state index contributed by atoms with van der Waals surface area (Å²) in [5.41, 5.74) is 3.51. The van der Waals surface area contributed by atoms with Gasteiger partial charge in [-0.05, 0) is 55.2 Å². The fourth-order valence-corrected chi connectivity index (χ4v) is 4.45. The monoisotopic (exact) mass is 407 g/mol. The van der Waals surface area contributed by atoms with Crippen LogP contribution in [0.3, 0.4) is 0 Å². The van der Waals surface area contributed by atoms with Gasteiger partial charge in [0.25, 0.3) is 0 Å². The van der Waals surface area contributed by atoms with Gasteiger partial charge in [0.2, 0.25) is 0 Å². The highest BCUT2D eigenvalue weighted by Gasteiger charge is 2.26. The van der Waals surface area contributed by atoms with Crippen LogP contribution in [0.4, 0.5) is 0 Å². The van der Waals surface area contributed by atoms with Crippen LogP contribution in [0.15, 0.2) is 45.6 Å². The van der Waals surface area contributed by atoms with Crippen molar-refractivity contribution in [2.45, 2.75) is 32.4 Å². The Morgan fingerprint density at radius 2 is 2.00 bits per heavy atom. The van der Waals surface area contributed by atoms with Crippen LogP contribution in [-0.2, 0) is 11.3 Å². The number of ether oxygens (including phenoxy) is 3. The van der Waals surface area contributed by atoms with Crippen molar-refractivity contribution in [1.29, 1.82) is 0 Å². The van der Waals surface area contributed by atoms with Crippen molar-refractivity contribution < 1.29 is 18.6 Å². The molecule has 0 bridgehead atoms. The third-order valence-corrected chi connectivity index (χ3v) is 6.04. The number of nitrogens with zero attached hydrogens (tertiary/aromatic N) is 1. The summed E-state index contributed by atoms with van der Waals surface area (Å²) in [6.45, 7) is 4.82. The summed E-state index contributed by atoms with van der Waals surface area (Å²) in [6.07, 6.45) is 2.44. The van der Waals surface area contributed by atoms with Crippen molar-refractivity contribution >= 4 is 11.0 Å². The molecule has 0 spiro atoms. The Morgan fingerprint density at radius 1 is 1.17 bits per heavy atom. The van der Waals surface area contributed by atoms with E-state index >= 15 is 0 Å². The summed E-state index contributed by atoms with van der Waals surface area (Å²) in [5.74, 6) is 1.53. The summed E-state index contributed by atoms with van der Waals surface area (Å²) < 4.78 is 22.8. The molecule has 0 radical (unpaired) electrons. The van der Waals surface area contributed by atoms with Crippen LogP contribution in [-0.4, -0.2) is 38.0 Å². The van der Waals surface area contributed by atoms with Crippen molar-refractivity contribution in [3.63, 3.8) is 0 Å². The quantitative estimate of drug-likeness (QED) is 0.607. The fourth-order valence-electron chi connectivity index (χ4n) is 4.45. The van der Waals surface area contributed by atoms with Gasteiger partial charge >= 0.3 is 5.63 Å². The van der Waals surface area contributed by atoms with E-state index in [0.717, 1.165) is 59.6 Å². The molecule has 0 unspecified atom stereocenters. The van der Waals surface area contributed by atoms with E-state index in [0.29, 0.717) is 24.4 Å². The van der Waals surface area contributed by atoms with Gasteiger partial charge in [0.1, 0.15) is 23.8 Å². The number of hydrogen-bond donors (Lipinski definition) is 0. The van der Waals surface area contributed by atoms with Gasteiger partial charge in [0.15, 0.2) is 0 Å². The molecule has 30 heavy (non-hydrogen) atoms. The number of fused-ring (bicyclic) bond motifs is 3. The minimum absolute atomic E-state index is 0.251. The molecule has 0 N–H and O–H groups in total. The normalized spacial score (nSPS) is 18.9. The second-order valence-corrected chi connectivity index (χ2v) is 7.96. The maximum absolute atomic E-state index is 13.0. The van der Waals surface area contributed by atoms with E-state index in [-0.39, 0.29) is 11.7 Å². The smallest absolute Gasteiger partial charge is 0.344 e. The molecule has 2 aliphatic rings. The van der Waals surface area contributed by atoms with Crippen LogP contribution in [0, 0.1) is 6.92 Å². The molecule has 1 aromatic heterocycles. The standard InChI is InChI=1S/C24H25NO5/c1-15-19-9-10-21-20(13-25(14-29-21)12-18-4-3-11-28-18)23(19)30-24(26)22(15)16-5-7-17(27-2)8-6-16/h5-10,18H,3-4,11-14H2,1-2H3/t18-/m0/s1. The first-order chi connectivity index (χ1) is 14.6. The summed E-state index contributed by atoms with van der Waals surface area (Å²) >= 11 is 0. The molecule has 1 fully saturated rings. The molecule has 6 nitrogen and oxygen atoms in total. The van der Waals surface area contributed by atoms with Gasteiger partial charge in [-0.1, -0.05) is 12.1 Å². The van der Waals surface area contributed by atoms with Crippen LogP contribution < -0.4 is 15.1 Å². The van der Waals surface area contributed by atoms with Crippen molar-refractivity contribution in [3.05, 3.63) is 57.9 Å². The van der Waals surface area contributed by atoms with E-state index in [1.165, 1.54) is 0 Å². The summed E-state index contributed by atoms with van der Waals surface area (Å²) in [6, 6.07) is 11.4. The molecule has 3 aromatic rings.